The number of benzene rings is 1. The van der Waals surface area contributed by atoms with E-state index in [-0.39, 0.29) is 6.54 Å². The zero-order chi connectivity index (χ0) is 20.5. The highest BCUT2D eigenvalue weighted by atomic mass is 19.4. The van der Waals surface area contributed by atoms with Gasteiger partial charge in [-0.3, -0.25) is 14.3 Å². The van der Waals surface area contributed by atoms with E-state index in [0.717, 1.165) is 31.2 Å². The van der Waals surface area contributed by atoms with Crippen molar-refractivity contribution in [2.75, 3.05) is 7.05 Å². The van der Waals surface area contributed by atoms with Crippen LogP contribution in [0, 0.1) is 0 Å². The molecule has 9 heteroatoms. The second-order valence-corrected chi connectivity index (χ2v) is 7.03. The Morgan fingerprint density at radius 2 is 2.00 bits per heavy atom. The molecule has 28 heavy (non-hydrogen) atoms. The van der Waals surface area contributed by atoms with Crippen LogP contribution in [0.3, 0.4) is 0 Å². The van der Waals surface area contributed by atoms with E-state index < -0.39 is 39.9 Å². The second kappa shape index (κ2) is 7.29. The average Bonchev–Trinajstić information content (AvgIpc) is 3.13. The number of carbonyl (C=O) groups excluding carboxylic acids is 1. The molecule has 1 heterocycles. The predicted molar refractivity (Wildman–Crippen MR) is 95.1 cm³/mol. The van der Waals surface area contributed by atoms with Gasteiger partial charge >= 0.3 is 6.18 Å². The molecule has 2 aromatic rings. The molecule has 0 atom stereocenters. The fraction of sp³-hybridized carbons (Fsp3) is 0.421. The molecular formula is C19H20F3N3O3. The van der Waals surface area contributed by atoms with Crippen LogP contribution in [-0.4, -0.2) is 27.8 Å². The lowest BCUT2D eigenvalue weighted by Crippen LogP contribution is -2.34. The molecule has 0 spiro atoms. The van der Waals surface area contributed by atoms with Gasteiger partial charge < -0.3 is 10.4 Å². The smallest absolute Gasteiger partial charge is 0.416 e. The Kier molecular flexibility index (Phi) is 5.18. The topological polar surface area (TPSA) is 84.2 Å². The molecule has 1 aliphatic rings. The van der Waals surface area contributed by atoms with E-state index in [2.05, 4.69) is 10.4 Å². The molecule has 1 aromatic carbocycles. The van der Waals surface area contributed by atoms with E-state index in [0.29, 0.717) is 18.4 Å². The van der Waals surface area contributed by atoms with Gasteiger partial charge in [0, 0.05) is 12.5 Å². The van der Waals surface area contributed by atoms with Gasteiger partial charge in [0.15, 0.2) is 11.4 Å². The Bertz CT molecular complexity index is 947. The first-order valence-corrected chi connectivity index (χ1v) is 8.87. The number of alkyl halides is 3. The van der Waals surface area contributed by atoms with E-state index in [9.17, 15) is 27.9 Å². The number of hydrogen-bond donors (Lipinski definition) is 2. The summed E-state index contributed by atoms with van der Waals surface area (Å²) in [6.45, 7) is 0.145. The lowest BCUT2D eigenvalue weighted by Gasteiger charge is -2.31. The first-order chi connectivity index (χ1) is 13.2. The lowest BCUT2D eigenvalue weighted by molar-refractivity contribution is -0.137. The summed E-state index contributed by atoms with van der Waals surface area (Å²) in [5.41, 5.74) is -2.18. The van der Waals surface area contributed by atoms with Gasteiger partial charge in [-0.2, -0.15) is 18.3 Å². The van der Waals surface area contributed by atoms with Gasteiger partial charge in [0.2, 0.25) is 0 Å². The van der Waals surface area contributed by atoms with Crippen LogP contribution >= 0.6 is 0 Å². The van der Waals surface area contributed by atoms with Crippen LogP contribution in [0.25, 0.3) is 0 Å². The third-order valence-electron chi connectivity index (χ3n) is 5.22. The minimum Gasteiger partial charge on any atom is -0.503 e. The molecule has 2 N–H and O–H groups in total. The van der Waals surface area contributed by atoms with Gasteiger partial charge in [-0.15, -0.1) is 0 Å². The Hall–Kier alpha value is -2.84. The maximum absolute atomic E-state index is 13.2. The quantitative estimate of drug-likeness (QED) is 0.834. The van der Waals surface area contributed by atoms with Gasteiger partial charge in [0.1, 0.15) is 0 Å². The van der Waals surface area contributed by atoms with Gasteiger partial charge in [-0.25, -0.2) is 0 Å². The van der Waals surface area contributed by atoms with Crippen LogP contribution < -0.4 is 10.7 Å². The molecule has 0 bridgehead atoms. The SMILES string of the molecule is CNC(=O)c1nn(CC2(c3cccc(C(F)(F)F)c3)CCCC2)cc(O)c1=O. The minimum atomic E-state index is -4.45. The molecule has 0 aliphatic heterocycles. The van der Waals surface area contributed by atoms with Gasteiger partial charge in [-0.05, 0) is 24.5 Å². The average molecular weight is 395 g/mol. The Balaban J connectivity index is 2.04. The van der Waals surface area contributed by atoms with Crippen molar-refractivity contribution >= 4 is 5.91 Å². The fourth-order valence-corrected chi connectivity index (χ4v) is 3.80. The molecule has 1 fully saturated rings. The number of halogens is 3. The van der Waals surface area contributed by atoms with Gasteiger partial charge in [0.05, 0.1) is 18.3 Å². The number of aromatic nitrogens is 2. The summed E-state index contributed by atoms with van der Waals surface area (Å²) in [5, 5.41) is 16.2. The van der Waals surface area contributed by atoms with Gasteiger partial charge in [0.25, 0.3) is 11.3 Å². The van der Waals surface area contributed by atoms with Crippen molar-refractivity contribution in [2.24, 2.45) is 0 Å². The second-order valence-electron chi connectivity index (χ2n) is 7.03. The molecule has 1 saturated carbocycles. The summed E-state index contributed by atoms with van der Waals surface area (Å²) < 4.78 is 40.7. The summed E-state index contributed by atoms with van der Waals surface area (Å²) >= 11 is 0. The highest BCUT2D eigenvalue weighted by Gasteiger charge is 2.39. The molecular weight excluding hydrogens is 375 g/mol. The van der Waals surface area contributed by atoms with Crippen LogP contribution in [0.15, 0.2) is 35.3 Å². The van der Waals surface area contributed by atoms with Crippen molar-refractivity contribution in [3.05, 3.63) is 57.5 Å². The highest BCUT2D eigenvalue weighted by Crippen LogP contribution is 2.43. The molecule has 150 valence electrons. The van der Waals surface area contributed by atoms with Gasteiger partial charge in [-0.1, -0.05) is 31.0 Å². The zero-order valence-corrected chi connectivity index (χ0v) is 15.2. The molecule has 0 radical (unpaired) electrons. The number of nitrogens with zero attached hydrogens (tertiary/aromatic N) is 2. The predicted octanol–water partition coefficient (Wildman–Crippen LogP) is 2.84. The van der Waals surface area contributed by atoms with Crippen molar-refractivity contribution < 1.29 is 23.1 Å². The van der Waals surface area contributed by atoms with Crippen LogP contribution in [0.2, 0.25) is 0 Å². The number of amides is 1. The van der Waals surface area contributed by atoms with Crippen molar-refractivity contribution in [3.8, 4) is 5.75 Å². The Morgan fingerprint density at radius 1 is 1.32 bits per heavy atom. The van der Waals surface area contributed by atoms with Crippen molar-refractivity contribution in [1.29, 1.82) is 0 Å². The van der Waals surface area contributed by atoms with Crippen LogP contribution in [-0.2, 0) is 18.1 Å². The fourth-order valence-electron chi connectivity index (χ4n) is 3.80. The number of rotatable bonds is 4. The first kappa shape index (κ1) is 19.9. The van der Waals surface area contributed by atoms with E-state index in [1.54, 1.807) is 6.07 Å². The number of carbonyl (C=O) groups is 1. The molecule has 1 aromatic heterocycles. The largest absolute Gasteiger partial charge is 0.503 e. The summed E-state index contributed by atoms with van der Waals surface area (Å²) in [4.78, 5) is 23.8. The first-order valence-electron chi connectivity index (χ1n) is 8.87. The number of aromatic hydroxyl groups is 1. The Labute approximate surface area is 159 Å². The Morgan fingerprint density at radius 3 is 2.61 bits per heavy atom. The van der Waals surface area contributed by atoms with Crippen molar-refractivity contribution in [3.63, 3.8) is 0 Å². The summed E-state index contributed by atoms with van der Waals surface area (Å²) in [6.07, 6.45) is -0.385. The monoisotopic (exact) mass is 395 g/mol. The normalized spacial score (nSPS) is 16.1. The van der Waals surface area contributed by atoms with E-state index in [1.807, 2.05) is 0 Å². The summed E-state index contributed by atoms with van der Waals surface area (Å²) in [6, 6.07) is 5.21. The summed E-state index contributed by atoms with van der Waals surface area (Å²) in [7, 11) is 1.33. The molecule has 0 unspecified atom stereocenters. The number of hydrogen-bond acceptors (Lipinski definition) is 4. The minimum absolute atomic E-state index is 0.145. The standard InChI is InChI=1S/C19H20F3N3O3/c1-23-17(28)15-16(27)14(26)10-25(24-15)11-18(7-2-3-8-18)12-5-4-6-13(9-12)19(20,21)22/h4-6,9-10,26H,2-3,7-8,11H2,1H3,(H,23,28). The molecule has 3 rings (SSSR count). The van der Waals surface area contributed by atoms with Crippen LogP contribution in [0.5, 0.6) is 5.75 Å². The molecule has 0 saturated heterocycles. The highest BCUT2D eigenvalue weighted by molar-refractivity contribution is 5.92. The maximum atomic E-state index is 13.2. The van der Waals surface area contributed by atoms with Crippen LogP contribution in [0.1, 0.15) is 47.3 Å². The summed E-state index contributed by atoms with van der Waals surface area (Å²) in [5.74, 6) is -1.38. The van der Waals surface area contributed by atoms with E-state index >= 15 is 0 Å². The maximum Gasteiger partial charge on any atom is 0.416 e. The third kappa shape index (κ3) is 3.74. The van der Waals surface area contributed by atoms with Crippen molar-refractivity contribution in [2.45, 2.75) is 43.8 Å². The van der Waals surface area contributed by atoms with Crippen molar-refractivity contribution in [1.82, 2.24) is 15.1 Å². The number of nitrogens with one attached hydrogen (secondary N) is 1. The molecule has 1 aliphatic carbocycles. The zero-order valence-electron chi connectivity index (χ0n) is 15.2. The molecule has 1 amide bonds. The molecule has 6 nitrogen and oxygen atoms in total. The third-order valence-corrected chi connectivity index (χ3v) is 5.22. The van der Waals surface area contributed by atoms with Crippen LogP contribution in [0.4, 0.5) is 13.2 Å². The van der Waals surface area contributed by atoms with E-state index in [4.69, 9.17) is 0 Å². The lowest BCUT2D eigenvalue weighted by atomic mass is 9.78. The van der Waals surface area contributed by atoms with E-state index in [1.165, 1.54) is 17.8 Å².